The maximum Gasteiger partial charge on any atom is 0.319 e. The molecule has 0 radical (unpaired) electrons. The fourth-order valence-corrected chi connectivity index (χ4v) is 3.56. The molecule has 2 aromatic rings. The first kappa shape index (κ1) is 18.9. The summed E-state index contributed by atoms with van der Waals surface area (Å²) in [5.74, 6) is -0.0475. The first-order chi connectivity index (χ1) is 13.0. The van der Waals surface area contributed by atoms with Crippen LogP contribution < -0.4 is 16.0 Å². The van der Waals surface area contributed by atoms with Crippen LogP contribution in [0, 0.1) is 0 Å². The summed E-state index contributed by atoms with van der Waals surface area (Å²) in [7, 11) is 0. The molecule has 142 valence electrons. The molecule has 8 heteroatoms. The number of rotatable bonds is 6. The van der Waals surface area contributed by atoms with Gasteiger partial charge in [-0.05, 0) is 43.0 Å². The van der Waals surface area contributed by atoms with Crippen LogP contribution in [0.4, 0.5) is 16.2 Å². The zero-order valence-electron chi connectivity index (χ0n) is 15.0. The fraction of sp³-hybridized carbons (Fsp3) is 0.316. The van der Waals surface area contributed by atoms with E-state index in [1.165, 1.54) is 11.3 Å². The standard InChI is InChI=1S/C19H22N4O3S/c1-13(12-23-9-3-8-17(23)24)20-19(26)22-15-6-2-5-14(11-15)21-18(25)16-7-4-10-27-16/h2,4-7,10-11,13H,3,8-9,12H2,1H3,(H,21,25)(H2,20,22,26)/t13-/m0/s1. The minimum atomic E-state index is -0.351. The van der Waals surface area contributed by atoms with Crippen LogP contribution >= 0.6 is 11.3 Å². The summed E-state index contributed by atoms with van der Waals surface area (Å²) in [6.45, 7) is 3.12. The first-order valence-electron chi connectivity index (χ1n) is 8.81. The molecule has 2 heterocycles. The van der Waals surface area contributed by atoms with E-state index >= 15 is 0 Å². The number of hydrogen-bond acceptors (Lipinski definition) is 4. The number of nitrogens with one attached hydrogen (secondary N) is 3. The Hall–Kier alpha value is -2.87. The van der Waals surface area contributed by atoms with Gasteiger partial charge in [-0.1, -0.05) is 12.1 Å². The van der Waals surface area contributed by atoms with E-state index < -0.39 is 0 Å². The van der Waals surface area contributed by atoms with E-state index in [1.54, 1.807) is 35.2 Å². The van der Waals surface area contributed by atoms with E-state index in [0.29, 0.717) is 29.2 Å². The van der Waals surface area contributed by atoms with Crippen molar-refractivity contribution in [2.75, 3.05) is 23.7 Å². The zero-order chi connectivity index (χ0) is 19.2. The van der Waals surface area contributed by atoms with Gasteiger partial charge in [0.25, 0.3) is 5.91 Å². The number of hydrogen-bond donors (Lipinski definition) is 3. The van der Waals surface area contributed by atoms with Crippen molar-refractivity contribution in [3.63, 3.8) is 0 Å². The molecule has 1 aliphatic rings. The van der Waals surface area contributed by atoms with E-state index in [9.17, 15) is 14.4 Å². The molecule has 1 saturated heterocycles. The van der Waals surface area contributed by atoms with Crippen LogP contribution in [0.15, 0.2) is 41.8 Å². The highest BCUT2D eigenvalue weighted by molar-refractivity contribution is 7.12. The normalized spacial score (nSPS) is 14.7. The van der Waals surface area contributed by atoms with Crippen molar-refractivity contribution in [2.45, 2.75) is 25.8 Å². The lowest BCUT2D eigenvalue weighted by Gasteiger charge is -2.21. The van der Waals surface area contributed by atoms with Crippen LogP contribution in [0.3, 0.4) is 0 Å². The first-order valence-corrected chi connectivity index (χ1v) is 9.69. The van der Waals surface area contributed by atoms with E-state index in [1.807, 2.05) is 18.4 Å². The molecule has 1 aromatic carbocycles. The van der Waals surface area contributed by atoms with Crippen molar-refractivity contribution in [1.29, 1.82) is 0 Å². The number of carbonyl (C=O) groups is 3. The van der Waals surface area contributed by atoms with Crippen molar-refractivity contribution in [1.82, 2.24) is 10.2 Å². The highest BCUT2D eigenvalue weighted by atomic mass is 32.1. The second-order valence-corrected chi connectivity index (χ2v) is 7.40. The quantitative estimate of drug-likeness (QED) is 0.712. The summed E-state index contributed by atoms with van der Waals surface area (Å²) in [5, 5.41) is 10.2. The molecule has 0 aliphatic carbocycles. The van der Waals surface area contributed by atoms with Crippen molar-refractivity contribution in [3.05, 3.63) is 46.7 Å². The van der Waals surface area contributed by atoms with Crippen LogP contribution in [0.25, 0.3) is 0 Å². The molecule has 0 bridgehead atoms. The number of likely N-dealkylation sites (tertiary alicyclic amines) is 1. The summed E-state index contributed by atoms with van der Waals surface area (Å²) in [5.41, 5.74) is 1.17. The van der Waals surface area contributed by atoms with Crippen molar-refractivity contribution < 1.29 is 14.4 Å². The van der Waals surface area contributed by atoms with Crippen LogP contribution in [0.2, 0.25) is 0 Å². The van der Waals surface area contributed by atoms with Crippen LogP contribution in [-0.4, -0.2) is 41.9 Å². The van der Waals surface area contributed by atoms with Gasteiger partial charge < -0.3 is 20.9 Å². The van der Waals surface area contributed by atoms with Gasteiger partial charge in [0.1, 0.15) is 0 Å². The Morgan fingerprint density at radius 3 is 2.63 bits per heavy atom. The Bertz CT molecular complexity index is 822. The van der Waals surface area contributed by atoms with E-state index in [2.05, 4.69) is 16.0 Å². The lowest BCUT2D eigenvalue weighted by atomic mass is 10.2. The Balaban J connectivity index is 1.51. The maximum absolute atomic E-state index is 12.2. The van der Waals surface area contributed by atoms with Gasteiger partial charge in [0, 0.05) is 36.9 Å². The van der Waals surface area contributed by atoms with Crippen molar-refractivity contribution in [3.8, 4) is 0 Å². The molecular formula is C19H22N4O3S. The molecule has 1 aromatic heterocycles. The third-order valence-electron chi connectivity index (χ3n) is 4.17. The number of nitrogens with zero attached hydrogens (tertiary/aromatic N) is 1. The lowest BCUT2D eigenvalue weighted by Crippen LogP contribution is -2.44. The molecule has 4 amide bonds. The van der Waals surface area contributed by atoms with Gasteiger partial charge in [0.2, 0.25) is 5.91 Å². The van der Waals surface area contributed by atoms with Gasteiger partial charge in [0.05, 0.1) is 4.88 Å². The molecule has 27 heavy (non-hydrogen) atoms. The summed E-state index contributed by atoms with van der Waals surface area (Å²) in [6.07, 6.45) is 1.46. The number of anilines is 2. The topological polar surface area (TPSA) is 90.5 Å². The smallest absolute Gasteiger partial charge is 0.319 e. The number of benzene rings is 1. The van der Waals surface area contributed by atoms with Gasteiger partial charge in [-0.2, -0.15) is 0 Å². The average Bonchev–Trinajstić information content (AvgIpc) is 3.27. The molecule has 3 rings (SSSR count). The predicted molar refractivity (Wildman–Crippen MR) is 106 cm³/mol. The molecule has 1 atom stereocenters. The predicted octanol–water partition coefficient (Wildman–Crippen LogP) is 3.13. The van der Waals surface area contributed by atoms with Crippen LogP contribution in [0.1, 0.15) is 29.4 Å². The molecule has 0 saturated carbocycles. The molecule has 1 fully saturated rings. The lowest BCUT2D eigenvalue weighted by molar-refractivity contribution is -0.127. The van der Waals surface area contributed by atoms with Crippen LogP contribution in [0.5, 0.6) is 0 Å². The molecule has 0 spiro atoms. The molecule has 1 aliphatic heterocycles. The van der Waals surface area contributed by atoms with Gasteiger partial charge in [0.15, 0.2) is 0 Å². The fourth-order valence-electron chi connectivity index (χ4n) is 2.94. The highest BCUT2D eigenvalue weighted by Gasteiger charge is 2.22. The van der Waals surface area contributed by atoms with Crippen molar-refractivity contribution in [2.24, 2.45) is 0 Å². The minimum absolute atomic E-state index is 0.137. The highest BCUT2D eigenvalue weighted by Crippen LogP contribution is 2.17. The SMILES string of the molecule is C[C@@H](CN1CCCC1=O)NC(=O)Nc1cccc(NC(=O)c2cccs2)c1. The van der Waals surface area contributed by atoms with Gasteiger partial charge in [-0.3, -0.25) is 9.59 Å². The zero-order valence-corrected chi connectivity index (χ0v) is 15.8. The largest absolute Gasteiger partial charge is 0.341 e. The summed E-state index contributed by atoms with van der Waals surface area (Å²) in [6, 6.07) is 10.0. The Labute approximate surface area is 161 Å². The monoisotopic (exact) mass is 386 g/mol. The number of urea groups is 1. The molecule has 7 nitrogen and oxygen atoms in total. The Morgan fingerprint density at radius 1 is 1.19 bits per heavy atom. The van der Waals surface area contributed by atoms with E-state index in [-0.39, 0.29) is 23.9 Å². The second-order valence-electron chi connectivity index (χ2n) is 6.46. The molecule has 0 unspecified atom stereocenters. The summed E-state index contributed by atoms with van der Waals surface area (Å²) >= 11 is 1.37. The van der Waals surface area contributed by atoms with Gasteiger partial charge in [-0.15, -0.1) is 11.3 Å². The maximum atomic E-state index is 12.2. The Morgan fingerprint density at radius 2 is 1.96 bits per heavy atom. The number of thiophene rings is 1. The number of amides is 4. The van der Waals surface area contributed by atoms with E-state index in [4.69, 9.17) is 0 Å². The summed E-state index contributed by atoms with van der Waals surface area (Å²) < 4.78 is 0. The third-order valence-corrected chi connectivity index (χ3v) is 5.04. The Kier molecular flexibility index (Phi) is 6.08. The van der Waals surface area contributed by atoms with Crippen molar-refractivity contribution >= 4 is 40.6 Å². The minimum Gasteiger partial charge on any atom is -0.341 e. The third kappa shape index (κ3) is 5.30. The van der Waals surface area contributed by atoms with E-state index in [0.717, 1.165) is 13.0 Å². The molecule has 3 N–H and O–H groups in total. The van der Waals surface area contributed by atoms with Gasteiger partial charge >= 0.3 is 6.03 Å². The number of carbonyl (C=O) groups excluding carboxylic acids is 3. The van der Waals surface area contributed by atoms with Crippen LogP contribution in [-0.2, 0) is 4.79 Å². The summed E-state index contributed by atoms with van der Waals surface area (Å²) in [4.78, 5) is 38.4. The average molecular weight is 386 g/mol. The van der Waals surface area contributed by atoms with Gasteiger partial charge in [-0.25, -0.2) is 4.79 Å². The second kappa shape index (κ2) is 8.68. The molecular weight excluding hydrogens is 364 g/mol.